The number of carbonyl (C=O) groups is 2. The lowest BCUT2D eigenvalue weighted by Crippen LogP contribution is -2.46. The van der Waals surface area contributed by atoms with Crippen LogP contribution in [0.4, 0.5) is 5.69 Å². The van der Waals surface area contributed by atoms with E-state index in [0.717, 1.165) is 71.5 Å². The second-order valence-corrected chi connectivity index (χ2v) is 8.12. The van der Waals surface area contributed by atoms with Crippen LogP contribution in [-0.4, -0.2) is 79.1 Å². The highest BCUT2D eigenvalue weighted by Crippen LogP contribution is 2.19. The molecule has 1 aromatic rings. The Morgan fingerprint density at radius 3 is 2.38 bits per heavy atom. The van der Waals surface area contributed by atoms with Crippen molar-refractivity contribution in [2.45, 2.75) is 39.0 Å². The molecule has 1 aromatic heterocycles. The second kappa shape index (κ2) is 11.1. The number of esters is 1. The zero-order chi connectivity index (χ0) is 20.5. The Labute approximate surface area is 174 Å². The van der Waals surface area contributed by atoms with Crippen LogP contribution in [0.25, 0.3) is 0 Å². The van der Waals surface area contributed by atoms with Gasteiger partial charge in [-0.2, -0.15) is 0 Å². The Hall–Kier alpha value is -2.15. The lowest BCUT2D eigenvalue weighted by atomic mass is 9.97. The van der Waals surface area contributed by atoms with Gasteiger partial charge in [-0.25, -0.2) is 0 Å². The Morgan fingerprint density at radius 2 is 1.72 bits per heavy atom. The van der Waals surface area contributed by atoms with Crippen molar-refractivity contribution >= 4 is 17.6 Å². The number of nitrogens with zero attached hydrogens (tertiary/aromatic N) is 4. The summed E-state index contributed by atoms with van der Waals surface area (Å²) in [7, 11) is 0. The summed E-state index contributed by atoms with van der Waals surface area (Å²) < 4.78 is 5.09. The van der Waals surface area contributed by atoms with E-state index in [1.807, 2.05) is 17.3 Å². The standard InChI is InChI=1S/C22H34N4O3/c1-19(27)29-18-20-7-12-26(13-8-20)22(28)4-2-3-11-24-14-16-25(17-15-24)21-5-9-23-10-6-21/h5-6,9-10,20H,2-4,7-8,11-18H2,1H3. The van der Waals surface area contributed by atoms with Crippen molar-refractivity contribution in [1.29, 1.82) is 0 Å². The third-order valence-corrected chi connectivity index (χ3v) is 6.00. The summed E-state index contributed by atoms with van der Waals surface area (Å²) in [4.78, 5) is 34.3. The number of rotatable bonds is 8. The van der Waals surface area contributed by atoms with Crippen LogP contribution in [0, 0.1) is 5.92 Å². The van der Waals surface area contributed by atoms with Gasteiger partial charge in [-0.1, -0.05) is 0 Å². The first-order valence-electron chi connectivity index (χ1n) is 10.9. The molecule has 1 amide bonds. The molecule has 7 nitrogen and oxygen atoms in total. The summed E-state index contributed by atoms with van der Waals surface area (Å²) in [6.07, 6.45) is 8.23. The molecule has 0 spiro atoms. The number of unbranched alkanes of at least 4 members (excludes halogenated alkanes) is 1. The molecule has 0 N–H and O–H groups in total. The number of anilines is 1. The first-order chi connectivity index (χ1) is 14.1. The lowest BCUT2D eigenvalue weighted by molar-refractivity contribution is -0.143. The number of carbonyl (C=O) groups excluding carboxylic acids is 2. The molecule has 29 heavy (non-hydrogen) atoms. The average molecular weight is 403 g/mol. The maximum absolute atomic E-state index is 12.4. The molecular weight excluding hydrogens is 368 g/mol. The minimum absolute atomic E-state index is 0.220. The summed E-state index contributed by atoms with van der Waals surface area (Å²) >= 11 is 0. The summed E-state index contributed by atoms with van der Waals surface area (Å²) in [6.45, 7) is 8.84. The van der Waals surface area contributed by atoms with E-state index in [4.69, 9.17) is 4.74 Å². The number of piperazine rings is 1. The molecule has 2 fully saturated rings. The lowest BCUT2D eigenvalue weighted by Gasteiger charge is -2.36. The fraction of sp³-hybridized carbons (Fsp3) is 0.682. The van der Waals surface area contributed by atoms with Gasteiger partial charge < -0.3 is 14.5 Å². The van der Waals surface area contributed by atoms with Crippen LogP contribution in [0.5, 0.6) is 0 Å². The van der Waals surface area contributed by atoms with E-state index in [0.29, 0.717) is 18.9 Å². The molecule has 3 heterocycles. The van der Waals surface area contributed by atoms with Gasteiger partial charge in [0.15, 0.2) is 0 Å². The van der Waals surface area contributed by atoms with Crippen molar-refractivity contribution in [3.8, 4) is 0 Å². The molecule has 0 atom stereocenters. The topological polar surface area (TPSA) is 66.0 Å². The normalized spacial score (nSPS) is 18.7. The van der Waals surface area contributed by atoms with E-state index >= 15 is 0 Å². The Balaban J connectivity index is 1.25. The summed E-state index contributed by atoms with van der Waals surface area (Å²) in [6, 6.07) is 4.14. The molecule has 0 aromatic carbocycles. The third kappa shape index (κ3) is 6.99. The van der Waals surface area contributed by atoms with E-state index in [1.165, 1.54) is 12.6 Å². The zero-order valence-electron chi connectivity index (χ0n) is 17.6. The fourth-order valence-corrected chi connectivity index (χ4v) is 4.14. The number of hydrogen-bond acceptors (Lipinski definition) is 6. The van der Waals surface area contributed by atoms with Gasteiger partial charge in [0.05, 0.1) is 6.61 Å². The minimum Gasteiger partial charge on any atom is -0.466 e. The van der Waals surface area contributed by atoms with E-state index in [9.17, 15) is 9.59 Å². The van der Waals surface area contributed by atoms with Gasteiger partial charge in [0.2, 0.25) is 5.91 Å². The van der Waals surface area contributed by atoms with Gasteiger partial charge in [-0.15, -0.1) is 0 Å². The van der Waals surface area contributed by atoms with Crippen LogP contribution < -0.4 is 4.90 Å². The number of amides is 1. The third-order valence-electron chi connectivity index (χ3n) is 6.00. The van der Waals surface area contributed by atoms with Crippen molar-refractivity contribution in [2.75, 3.05) is 57.3 Å². The van der Waals surface area contributed by atoms with Gasteiger partial charge >= 0.3 is 5.97 Å². The number of ether oxygens (including phenoxy) is 1. The van der Waals surface area contributed by atoms with Crippen LogP contribution in [0.2, 0.25) is 0 Å². The first-order valence-corrected chi connectivity index (χ1v) is 10.9. The van der Waals surface area contributed by atoms with E-state index in [2.05, 4.69) is 26.9 Å². The Kier molecular flexibility index (Phi) is 8.28. The number of aromatic nitrogens is 1. The maximum atomic E-state index is 12.4. The van der Waals surface area contributed by atoms with Gasteiger partial charge in [0.1, 0.15) is 0 Å². The average Bonchev–Trinajstić information content (AvgIpc) is 2.76. The molecule has 2 aliphatic rings. The van der Waals surface area contributed by atoms with Crippen LogP contribution in [0.3, 0.4) is 0 Å². The number of hydrogen-bond donors (Lipinski definition) is 0. The van der Waals surface area contributed by atoms with Crippen molar-refractivity contribution in [2.24, 2.45) is 5.92 Å². The van der Waals surface area contributed by atoms with Gasteiger partial charge in [-0.3, -0.25) is 19.5 Å². The quantitative estimate of drug-likeness (QED) is 0.491. The smallest absolute Gasteiger partial charge is 0.302 e. The van der Waals surface area contributed by atoms with Crippen molar-refractivity contribution in [1.82, 2.24) is 14.8 Å². The van der Waals surface area contributed by atoms with Crippen molar-refractivity contribution < 1.29 is 14.3 Å². The van der Waals surface area contributed by atoms with Crippen LogP contribution in [-0.2, 0) is 14.3 Å². The Bertz CT molecular complexity index is 639. The highest BCUT2D eigenvalue weighted by Gasteiger charge is 2.23. The monoisotopic (exact) mass is 402 g/mol. The molecule has 0 saturated carbocycles. The summed E-state index contributed by atoms with van der Waals surface area (Å²) in [5, 5.41) is 0. The minimum atomic E-state index is -0.220. The van der Waals surface area contributed by atoms with Gasteiger partial charge in [0, 0.05) is 70.7 Å². The molecule has 3 rings (SSSR count). The predicted molar refractivity (Wildman–Crippen MR) is 113 cm³/mol. The molecular formula is C22H34N4O3. The number of likely N-dealkylation sites (tertiary alicyclic amines) is 1. The molecule has 7 heteroatoms. The van der Waals surface area contributed by atoms with Crippen LogP contribution >= 0.6 is 0 Å². The first kappa shape index (κ1) is 21.6. The molecule has 0 bridgehead atoms. The predicted octanol–water partition coefficient (Wildman–Crippen LogP) is 2.18. The molecule has 160 valence electrons. The van der Waals surface area contributed by atoms with E-state index < -0.39 is 0 Å². The van der Waals surface area contributed by atoms with Crippen molar-refractivity contribution in [3.63, 3.8) is 0 Å². The van der Waals surface area contributed by atoms with Crippen LogP contribution in [0.1, 0.15) is 39.0 Å². The van der Waals surface area contributed by atoms with Crippen molar-refractivity contribution in [3.05, 3.63) is 24.5 Å². The largest absolute Gasteiger partial charge is 0.466 e. The van der Waals surface area contributed by atoms with Crippen LogP contribution in [0.15, 0.2) is 24.5 Å². The Morgan fingerprint density at radius 1 is 1.03 bits per heavy atom. The van der Waals surface area contributed by atoms with E-state index in [1.54, 1.807) is 0 Å². The molecule has 2 aliphatic heterocycles. The second-order valence-electron chi connectivity index (χ2n) is 8.12. The number of pyridine rings is 1. The SMILES string of the molecule is CC(=O)OCC1CCN(C(=O)CCCCN2CCN(c3ccncc3)CC2)CC1. The fourth-order valence-electron chi connectivity index (χ4n) is 4.14. The van der Waals surface area contributed by atoms with Gasteiger partial charge in [0.25, 0.3) is 0 Å². The highest BCUT2D eigenvalue weighted by atomic mass is 16.5. The molecule has 2 saturated heterocycles. The summed E-state index contributed by atoms with van der Waals surface area (Å²) in [5.41, 5.74) is 1.25. The molecule has 0 radical (unpaired) electrons. The molecule has 0 aliphatic carbocycles. The summed E-state index contributed by atoms with van der Waals surface area (Å²) in [5.74, 6) is 0.453. The zero-order valence-corrected chi connectivity index (χ0v) is 17.6. The van der Waals surface area contributed by atoms with Gasteiger partial charge in [-0.05, 0) is 50.3 Å². The molecule has 0 unspecified atom stereocenters. The van der Waals surface area contributed by atoms with E-state index in [-0.39, 0.29) is 11.9 Å². The number of piperidine rings is 1. The maximum Gasteiger partial charge on any atom is 0.302 e. The highest BCUT2D eigenvalue weighted by molar-refractivity contribution is 5.76.